The van der Waals surface area contributed by atoms with Crippen LogP contribution in [-0.4, -0.2) is 17.3 Å². The molecule has 1 aromatic rings. The lowest BCUT2D eigenvalue weighted by molar-refractivity contribution is 0.0982. The molecule has 0 bridgehead atoms. The number of hydrogen-bond acceptors (Lipinski definition) is 2. The van der Waals surface area contributed by atoms with E-state index in [2.05, 4.69) is 6.92 Å². The molecular formula is C13H18OS. The average molecular weight is 222 g/mol. The zero-order valence-corrected chi connectivity index (χ0v) is 10.1. The molecule has 1 rings (SSSR count). The molecule has 0 aliphatic rings. The number of rotatable bonds is 7. The summed E-state index contributed by atoms with van der Waals surface area (Å²) in [6, 6.07) is 9.55. The highest BCUT2D eigenvalue weighted by Crippen LogP contribution is 2.09. The fourth-order valence-electron chi connectivity index (χ4n) is 1.35. The minimum Gasteiger partial charge on any atom is -0.294 e. The first-order valence-electron chi connectivity index (χ1n) is 5.50. The first-order chi connectivity index (χ1) is 7.34. The minimum atomic E-state index is 0.271. The first-order valence-corrected chi connectivity index (χ1v) is 6.66. The molecule has 1 nitrogen and oxygen atoms in total. The molecule has 0 atom stereocenters. The zero-order chi connectivity index (χ0) is 10.9. The van der Waals surface area contributed by atoms with Gasteiger partial charge in [-0.2, -0.15) is 11.8 Å². The Labute approximate surface area is 96.3 Å². The Morgan fingerprint density at radius 3 is 2.60 bits per heavy atom. The summed E-state index contributed by atoms with van der Waals surface area (Å²) in [4.78, 5) is 11.7. The van der Waals surface area contributed by atoms with Crippen molar-refractivity contribution in [3.63, 3.8) is 0 Å². The van der Waals surface area contributed by atoms with Gasteiger partial charge in [0.25, 0.3) is 0 Å². The third kappa shape index (κ3) is 5.03. The largest absolute Gasteiger partial charge is 0.294 e. The van der Waals surface area contributed by atoms with E-state index in [0.717, 1.165) is 17.7 Å². The number of hydrogen-bond donors (Lipinski definition) is 0. The van der Waals surface area contributed by atoms with Crippen LogP contribution in [0.5, 0.6) is 0 Å². The highest BCUT2D eigenvalue weighted by molar-refractivity contribution is 7.99. The molecule has 15 heavy (non-hydrogen) atoms. The molecule has 0 radical (unpaired) electrons. The molecule has 0 aliphatic carbocycles. The van der Waals surface area contributed by atoms with Crippen LogP contribution in [-0.2, 0) is 0 Å². The van der Waals surface area contributed by atoms with Gasteiger partial charge >= 0.3 is 0 Å². The lowest BCUT2D eigenvalue weighted by Gasteiger charge is -2.00. The van der Waals surface area contributed by atoms with Crippen LogP contribution in [0.25, 0.3) is 0 Å². The fourth-order valence-corrected chi connectivity index (χ4v) is 2.19. The van der Waals surface area contributed by atoms with Gasteiger partial charge in [-0.1, -0.05) is 37.3 Å². The van der Waals surface area contributed by atoms with Crippen molar-refractivity contribution in [2.75, 3.05) is 11.5 Å². The van der Waals surface area contributed by atoms with Crippen LogP contribution in [0.15, 0.2) is 30.3 Å². The molecule has 0 saturated heterocycles. The van der Waals surface area contributed by atoms with Gasteiger partial charge < -0.3 is 0 Å². The summed E-state index contributed by atoms with van der Waals surface area (Å²) in [7, 11) is 0. The smallest absolute Gasteiger partial charge is 0.162 e. The molecule has 0 spiro atoms. The molecule has 0 saturated carbocycles. The summed E-state index contributed by atoms with van der Waals surface area (Å²) in [5.41, 5.74) is 0.845. The Morgan fingerprint density at radius 2 is 1.93 bits per heavy atom. The van der Waals surface area contributed by atoms with Crippen molar-refractivity contribution in [2.45, 2.75) is 26.2 Å². The average Bonchev–Trinajstić information content (AvgIpc) is 2.30. The highest BCUT2D eigenvalue weighted by atomic mass is 32.2. The van der Waals surface area contributed by atoms with E-state index in [1.807, 2.05) is 42.1 Å². The zero-order valence-electron chi connectivity index (χ0n) is 9.24. The van der Waals surface area contributed by atoms with Crippen LogP contribution in [0, 0.1) is 0 Å². The number of ketones is 1. The van der Waals surface area contributed by atoms with Crippen molar-refractivity contribution in [3.8, 4) is 0 Å². The lowest BCUT2D eigenvalue weighted by atomic mass is 10.1. The maximum atomic E-state index is 11.7. The topological polar surface area (TPSA) is 17.1 Å². The Hall–Kier alpha value is -0.760. The van der Waals surface area contributed by atoms with Crippen LogP contribution >= 0.6 is 11.8 Å². The predicted molar refractivity (Wildman–Crippen MR) is 67.6 cm³/mol. The standard InChI is InChI=1S/C13H18OS/c1-2-10-15-11-6-9-13(14)12-7-4-3-5-8-12/h3-5,7-8H,2,6,9-11H2,1H3. The van der Waals surface area contributed by atoms with Gasteiger partial charge in [0, 0.05) is 12.0 Å². The second-order valence-electron chi connectivity index (χ2n) is 3.51. The Balaban J connectivity index is 2.20. The van der Waals surface area contributed by atoms with Gasteiger partial charge in [0.15, 0.2) is 5.78 Å². The number of thioether (sulfide) groups is 1. The summed E-state index contributed by atoms with van der Waals surface area (Å²) in [5.74, 6) is 2.58. The first kappa shape index (κ1) is 12.3. The van der Waals surface area contributed by atoms with Gasteiger partial charge in [-0.15, -0.1) is 0 Å². The van der Waals surface area contributed by atoms with Gasteiger partial charge in [0.1, 0.15) is 0 Å². The van der Waals surface area contributed by atoms with E-state index in [4.69, 9.17) is 0 Å². The summed E-state index contributed by atoms with van der Waals surface area (Å²) >= 11 is 1.94. The van der Waals surface area contributed by atoms with E-state index < -0.39 is 0 Å². The van der Waals surface area contributed by atoms with E-state index in [1.165, 1.54) is 12.2 Å². The highest BCUT2D eigenvalue weighted by Gasteiger charge is 2.03. The monoisotopic (exact) mass is 222 g/mol. The molecule has 1 aromatic carbocycles. The lowest BCUT2D eigenvalue weighted by Crippen LogP contribution is -1.99. The van der Waals surface area contributed by atoms with Crippen molar-refractivity contribution in [3.05, 3.63) is 35.9 Å². The summed E-state index contributed by atoms with van der Waals surface area (Å²) in [6.07, 6.45) is 2.90. The Bertz CT molecular complexity index is 282. The predicted octanol–water partition coefficient (Wildman–Crippen LogP) is 3.79. The number of carbonyl (C=O) groups is 1. The molecular weight excluding hydrogens is 204 g/mol. The SMILES string of the molecule is CCCSCCCC(=O)c1ccccc1. The Morgan fingerprint density at radius 1 is 1.20 bits per heavy atom. The van der Waals surface area contributed by atoms with Crippen molar-refractivity contribution in [1.82, 2.24) is 0 Å². The van der Waals surface area contributed by atoms with E-state index >= 15 is 0 Å². The quantitative estimate of drug-likeness (QED) is 0.515. The van der Waals surface area contributed by atoms with Crippen LogP contribution in [0.4, 0.5) is 0 Å². The molecule has 0 heterocycles. The van der Waals surface area contributed by atoms with Crippen LogP contribution in [0.1, 0.15) is 36.5 Å². The number of benzene rings is 1. The van der Waals surface area contributed by atoms with E-state index in [0.29, 0.717) is 6.42 Å². The molecule has 2 heteroatoms. The van der Waals surface area contributed by atoms with Gasteiger partial charge in [-0.3, -0.25) is 4.79 Å². The molecule has 0 aromatic heterocycles. The van der Waals surface area contributed by atoms with E-state index in [-0.39, 0.29) is 5.78 Å². The molecule has 82 valence electrons. The number of Topliss-reactive ketones (excluding diaryl/α,β-unsaturated/α-hetero) is 1. The molecule has 0 unspecified atom stereocenters. The normalized spacial score (nSPS) is 10.2. The van der Waals surface area contributed by atoms with Crippen molar-refractivity contribution in [1.29, 1.82) is 0 Å². The van der Waals surface area contributed by atoms with Gasteiger partial charge in [0.05, 0.1) is 0 Å². The third-order valence-electron chi connectivity index (χ3n) is 2.14. The second kappa shape index (κ2) is 7.52. The minimum absolute atomic E-state index is 0.271. The van der Waals surface area contributed by atoms with Crippen LogP contribution < -0.4 is 0 Å². The van der Waals surface area contributed by atoms with E-state index in [9.17, 15) is 4.79 Å². The molecule has 0 amide bonds. The fraction of sp³-hybridized carbons (Fsp3) is 0.462. The van der Waals surface area contributed by atoms with Crippen molar-refractivity contribution >= 4 is 17.5 Å². The summed E-state index contributed by atoms with van der Waals surface area (Å²) in [5, 5.41) is 0. The Kier molecular flexibility index (Phi) is 6.17. The van der Waals surface area contributed by atoms with Gasteiger partial charge in [0.2, 0.25) is 0 Å². The number of carbonyl (C=O) groups excluding carboxylic acids is 1. The molecule has 0 fully saturated rings. The second-order valence-corrected chi connectivity index (χ2v) is 4.73. The van der Waals surface area contributed by atoms with E-state index in [1.54, 1.807) is 0 Å². The van der Waals surface area contributed by atoms with Gasteiger partial charge in [-0.05, 0) is 24.3 Å². The maximum absolute atomic E-state index is 11.7. The summed E-state index contributed by atoms with van der Waals surface area (Å²) < 4.78 is 0. The van der Waals surface area contributed by atoms with Crippen LogP contribution in [0.3, 0.4) is 0 Å². The molecule has 0 N–H and O–H groups in total. The van der Waals surface area contributed by atoms with Crippen molar-refractivity contribution in [2.24, 2.45) is 0 Å². The van der Waals surface area contributed by atoms with Crippen molar-refractivity contribution < 1.29 is 4.79 Å². The summed E-state index contributed by atoms with van der Waals surface area (Å²) in [6.45, 7) is 2.18. The van der Waals surface area contributed by atoms with Crippen LogP contribution in [0.2, 0.25) is 0 Å². The third-order valence-corrected chi connectivity index (χ3v) is 3.41. The maximum Gasteiger partial charge on any atom is 0.162 e. The van der Waals surface area contributed by atoms with Gasteiger partial charge in [-0.25, -0.2) is 0 Å². The molecule has 0 aliphatic heterocycles.